The van der Waals surface area contributed by atoms with E-state index in [1.807, 2.05) is 31.6 Å². The normalized spacial score (nSPS) is 12.4. The highest BCUT2D eigenvalue weighted by Gasteiger charge is 2.16. The van der Waals surface area contributed by atoms with Gasteiger partial charge in [-0.1, -0.05) is 18.2 Å². The summed E-state index contributed by atoms with van der Waals surface area (Å²) >= 11 is 1.65. The number of carbonyl (C=O) groups excluding carboxylic acids is 1. The second-order valence-corrected chi connectivity index (χ2v) is 7.47. The van der Waals surface area contributed by atoms with E-state index in [4.69, 9.17) is 0 Å². The standard InChI is InChI=1S/C19H22N4O3S/c1-22(2)15(16-8-5-11-27-16)12-20-17(24)9-10-23-19(26)14-7-4-3-6-13(14)18(25)21-23/h3-8,11,15H,9-10,12H2,1-2H3,(H,20,24)(H,21,25). The van der Waals surface area contributed by atoms with Crippen LogP contribution in [-0.4, -0.2) is 41.2 Å². The van der Waals surface area contributed by atoms with E-state index in [1.54, 1.807) is 35.6 Å². The van der Waals surface area contributed by atoms with Crippen LogP contribution in [0.1, 0.15) is 17.3 Å². The molecule has 1 unspecified atom stereocenters. The number of aromatic nitrogens is 2. The summed E-state index contributed by atoms with van der Waals surface area (Å²) in [7, 11) is 3.94. The Hall–Kier alpha value is -2.71. The van der Waals surface area contributed by atoms with Gasteiger partial charge in [-0.3, -0.25) is 19.5 Å². The number of rotatable bonds is 7. The SMILES string of the molecule is CN(C)C(CNC(=O)CCn1[nH]c(=O)c2ccccc2c1=O)c1cccs1. The number of amides is 1. The van der Waals surface area contributed by atoms with Gasteiger partial charge in [0, 0.05) is 17.8 Å². The molecule has 1 amide bonds. The summed E-state index contributed by atoms with van der Waals surface area (Å²) in [4.78, 5) is 40.0. The number of carbonyl (C=O) groups is 1. The second-order valence-electron chi connectivity index (χ2n) is 6.49. The minimum absolute atomic E-state index is 0.0946. The quantitative estimate of drug-likeness (QED) is 0.645. The number of thiophene rings is 1. The van der Waals surface area contributed by atoms with Crippen LogP contribution >= 0.6 is 11.3 Å². The van der Waals surface area contributed by atoms with Crippen molar-refractivity contribution in [3.05, 3.63) is 67.4 Å². The Morgan fingerprint density at radius 3 is 2.59 bits per heavy atom. The summed E-state index contributed by atoms with van der Waals surface area (Å²) in [5.41, 5.74) is -0.640. The first-order valence-corrected chi connectivity index (χ1v) is 9.53. The molecule has 2 N–H and O–H groups in total. The first-order valence-electron chi connectivity index (χ1n) is 8.65. The van der Waals surface area contributed by atoms with Crippen molar-refractivity contribution in [3.8, 4) is 0 Å². The molecule has 0 saturated carbocycles. The average Bonchev–Trinajstić information content (AvgIpc) is 3.18. The zero-order valence-electron chi connectivity index (χ0n) is 15.3. The van der Waals surface area contributed by atoms with E-state index < -0.39 is 0 Å². The van der Waals surface area contributed by atoms with Crippen molar-refractivity contribution >= 4 is 28.0 Å². The van der Waals surface area contributed by atoms with Crippen molar-refractivity contribution in [1.82, 2.24) is 20.0 Å². The Morgan fingerprint density at radius 2 is 1.93 bits per heavy atom. The lowest BCUT2D eigenvalue weighted by atomic mass is 10.2. The maximum atomic E-state index is 12.5. The van der Waals surface area contributed by atoms with E-state index in [0.29, 0.717) is 17.3 Å². The van der Waals surface area contributed by atoms with Crippen LogP contribution in [0.25, 0.3) is 10.8 Å². The third-order valence-electron chi connectivity index (χ3n) is 4.43. The van der Waals surface area contributed by atoms with Gasteiger partial charge in [-0.25, -0.2) is 4.68 Å². The number of fused-ring (bicyclic) bond motifs is 1. The number of aryl methyl sites for hydroxylation is 1. The Balaban J connectivity index is 1.64. The molecule has 1 aromatic carbocycles. The lowest BCUT2D eigenvalue weighted by Crippen LogP contribution is -2.36. The van der Waals surface area contributed by atoms with E-state index in [1.165, 1.54) is 9.56 Å². The predicted molar refractivity (Wildman–Crippen MR) is 107 cm³/mol. The van der Waals surface area contributed by atoms with Crippen molar-refractivity contribution in [2.45, 2.75) is 19.0 Å². The third kappa shape index (κ3) is 4.35. The molecule has 2 heterocycles. The first-order chi connectivity index (χ1) is 13.0. The molecule has 3 rings (SSSR count). The molecule has 0 fully saturated rings. The lowest BCUT2D eigenvalue weighted by Gasteiger charge is -2.23. The molecule has 8 heteroatoms. The van der Waals surface area contributed by atoms with Crippen LogP contribution in [0.3, 0.4) is 0 Å². The molecule has 0 bridgehead atoms. The molecule has 0 aliphatic rings. The maximum Gasteiger partial charge on any atom is 0.273 e. The fraction of sp³-hybridized carbons (Fsp3) is 0.316. The molecule has 0 radical (unpaired) electrons. The van der Waals surface area contributed by atoms with E-state index in [9.17, 15) is 14.4 Å². The van der Waals surface area contributed by atoms with Gasteiger partial charge in [0.25, 0.3) is 11.1 Å². The van der Waals surface area contributed by atoms with Gasteiger partial charge < -0.3 is 10.2 Å². The summed E-state index contributed by atoms with van der Waals surface area (Å²) < 4.78 is 1.20. The fourth-order valence-electron chi connectivity index (χ4n) is 2.93. The van der Waals surface area contributed by atoms with Gasteiger partial charge in [-0.05, 0) is 37.7 Å². The van der Waals surface area contributed by atoms with Gasteiger partial charge in [0.1, 0.15) is 0 Å². The Kier molecular flexibility index (Phi) is 5.88. The van der Waals surface area contributed by atoms with Gasteiger partial charge in [-0.2, -0.15) is 0 Å². The highest BCUT2D eigenvalue weighted by atomic mass is 32.1. The van der Waals surface area contributed by atoms with E-state index in [0.717, 1.165) is 0 Å². The van der Waals surface area contributed by atoms with Crippen LogP contribution in [0, 0.1) is 0 Å². The van der Waals surface area contributed by atoms with Gasteiger partial charge in [-0.15, -0.1) is 11.3 Å². The highest BCUT2D eigenvalue weighted by Crippen LogP contribution is 2.22. The molecule has 27 heavy (non-hydrogen) atoms. The Bertz CT molecular complexity index is 1040. The van der Waals surface area contributed by atoms with Crippen molar-refractivity contribution < 1.29 is 4.79 Å². The van der Waals surface area contributed by atoms with Crippen LogP contribution in [0.5, 0.6) is 0 Å². The summed E-state index contributed by atoms with van der Waals surface area (Å²) in [5, 5.41) is 8.17. The number of likely N-dealkylation sites (N-methyl/N-ethyl adjacent to an activating group) is 1. The molecule has 0 aliphatic heterocycles. The molecule has 7 nitrogen and oxygen atoms in total. The van der Waals surface area contributed by atoms with Crippen molar-refractivity contribution in [2.75, 3.05) is 20.6 Å². The first kappa shape index (κ1) is 19.1. The van der Waals surface area contributed by atoms with E-state index in [2.05, 4.69) is 15.3 Å². The largest absolute Gasteiger partial charge is 0.354 e. The zero-order chi connectivity index (χ0) is 19.4. The molecule has 1 atom stereocenters. The van der Waals surface area contributed by atoms with Crippen molar-refractivity contribution in [3.63, 3.8) is 0 Å². The van der Waals surface area contributed by atoms with Crippen LogP contribution < -0.4 is 16.4 Å². The number of hydrogen-bond acceptors (Lipinski definition) is 5. The number of aromatic amines is 1. The van der Waals surface area contributed by atoms with E-state index >= 15 is 0 Å². The monoisotopic (exact) mass is 386 g/mol. The van der Waals surface area contributed by atoms with Gasteiger partial charge in [0.2, 0.25) is 5.91 Å². The summed E-state index contributed by atoms with van der Waals surface area (Å²) in [6.45, 7) is 0.603. The molecule has 3 aromatic rings. The lowest BCUT2D eigenvalue weighted by molar-refractivity contribution is -0.121. The number of nitrogens with zero attached hydrogens (tertiary/aromatic N) is 2. The average molecular weight is 386 g/mol. The zero-order valence-corrected chi connectivity index (χ0v) is 16.1. The minimum atomic E-state index is -0.337. The van der Waals surface area contributed by atoms with Gasteiger partial charge in [0.15, 0.2) is 0 Å². The summed E-state index contributed by atoms with van der Waals surface area (Å²) in [5.74, 6) is -0.167. The highest BCUT2D eigenvalue weighted by molar-refractivity contribution is 7.10. The Labute approximate surface area is 160 Å². The van der Waals surface area contributed by atoms with Gasteiger partial charge in [0.05, 0.1) is 23.4 Å². The number of H-pyrrole nitrogens is 1. The molecular weight excluding hydrogens is 364 g/mol. The van der Waals surface area contributed by atoms with Crippen LogP contribution in [0.2, 0.25) is 0 Å². The Morgan fingerprint density at radius 1 is 1.19 bits per heavy atom. The smallest absolute Gasteiger partial charge is 0.273 e. The molecule has 0 aliphatic carbocycles. The number of nitrogens with one attached hydrogen (secondary N) is 2. The summed E-state index contributed by atoms with van der Waals surface area (Å²) in [6, 6.07) is 10.8. The molecule has 2 aromatic heterocycles. The van der Waals surface area contributed by atoms with Crippen LogP contribution in [0.4, 0.5) is 0 Å². The van der Waals surface area contributed by atoms with Crippen molar-refractivity contribution in [2.24, 2.45) is 0 Å². The fourth-order valence-corrected chi connectivity index (χ4v) is 3.86. The molecule has 0 spiro atoms. The molecule has 142 valence electrons. The predicted octanol–water partition coefficient (Wildman–Crippen LogP) is 1.56. The topological polar surface area (TPSA) is 87.2 Å². The second kappa shape index (κ2) is 8.32. The van der Waals surface area contributed by atoms with E-state index in [-0.39, 0.29) is 36.0 Å². The maximum absolute atomic E-state index is 12.5. The number of hydrogen-bond donors (Lipinski definition) is 2. The number of benzene rings is 1. The molecular formula is C19H22N4O3S. The van der Waals surface area contributed by atoms with Gasteiger partial charge >= 0.3 is 0 Å². The third-order valence-corrected chi connectivity index (χ3v) is 5.41. The van der Waals surface area contributed by atoms with Crippen molar-refractivity contribution in [1.29, 1.82) is 0 Å². The summed E-state index contributed by atoms with van der Waals surface area (Å²) in [6.07, 6.45) is 0.110. The van der Waals surface area contributed by atoms with Crippen LogP contribution in [-0.2, 0) is 11.3 Å². The van der Waals surface area contributed by atoms with Crippen LogP contribution in [0.15, 0.2) is 51.4 Å². The minimum Gasteiger partial charge on any atom is -0.354 e. The molecule has 0 saturated heterocycles.